The Bertz CT molecular complexity index is 750. The van der Waals surface area contributed by atoms with Crippen molar-refractivity contribution < 1.29 is 19.5 Å². The number of benzene rings is 1. The van der Waals surface area contributed by atoms with Gasteiger partial charge in [0.2, 0.25) is 5.91 Å². The largest absolute Gasteiger partial charge is 0.481 e. The van der Waals surface area contributed by atoms with E-state index in [4.69, 9.17) is 0 Å². The maximum atomic E-state index is 13.0. The van der Waals surface area contributed by atoms with E-state index in [1.54, 1.807) is 17.0 Å². The number of carboxylic acids is 1. The highest BCUT2D eigenvalue weighted by Crippen LogP contribution is 2.59. The molecule has 0 radical (unpaired) electrons. The van der Waals surface area contributed by atoms with Crippen LogP contribution in [0, 0.1) is 24.2 Å². The van der Waals surface area contributed by atoms with Crippen LogP contribution >= 0.6 is 0 Å². The van der Waals surface area contributed by atoms with E-state index in [-0.39, 0.29) is 29.1 Å². The number of rotatable bonds is 5. The minimum Gasteiger partial charge on any atom is -0.481 e. The number of carbonyl (C=O) groups excluding carboxylic acids is 2. The summed E-state index contributed by atoms with van der Waals surface area (Å²) in [5.74, 6) is -1.33. The third-order valence-corrected chi connectivity index (χ3v) is 6.06. The van der Waals surface area contributed by atoms with E-state index in [0.717, 1.165) is 24.8 Å². The molecule has 27 heavy (non-hydrogen) atoms. The van der Waals surface area contributed by atoms with Crippen molar-refractivity contribution in [3.8, 4) is 0 Å². The van der Waals surface area contributed by atoms with Crippen LogP contribution in [0.25, 0.3) is 0 Å². The number of carboxylic acid groups (broad SMARTS) is 1. The van der Waals surface area contributed by atoms with Gasteiger partial charge in [-0.15, -0.1) is 0 Å². The molecular formula is C21H28N2O4. The molecule has 2 N–H and O–H groups in total. The van der Waals surface area contributed by atoms with Crippen LogP contribution in [0.15, 0.2) is 24.3 Å². The fourth-order valence-corrected chi connectivity index (χ4v) is 4.14. The van der Waals surface area contributed by atoms with E-state index in [1.807, 2.05) is 32.9 Å². The van der Waals surface area contributed by atoms with Gasteiger partial charge in [0.25, 0.3) is 5.91 Å². The Hall–Kier alpha value is -2.37. The van der Waals surface area contributed by atoms with Gasteiger partial charge in [0.15, 0.2) is 0 Å². The minimum atomic E-state index is -0.722. The summed E-state index contributed by atoms with van der Waals surface area (Å²) in [5.41, 5.74) is 1.43. The van der Waals surface area contributed by atoms with Crippen molar-refractivity contribution in [1.82, 2.24) is 10.2 Å². The first-order chi connectivity index (χ1) is 12.7. The third kappa shape index (κ3) is 3.99. The van der Waals surface area contributed by atoms with Crippen molar-refractivity contribution in [2.75, 3.05) is 13.1 Å². The van der Waals surface area contributed by atoms with Crippen molar-refractivity contribution in [3.05, 3.63) is 35.4 Å². The standard InChI is InChI=1S/C21H28N2O4/c1-13(2)17(22-18(24)15-6-4-5-14(3)11-15)19(25)23-9-7-21(8-10-23)12-16(21)20(26)27/h4-6,11,13,16-17H,7-10,12H2,1-3H3,(H,22,24)(H,26,27). The summed E-state index contributed by atoms with van der Waals surface area (Å²) in [6, 6.07) is 6.72. The van der Waals surface area contributed by atoms with E-state index in [2.05, 4.69) is 5.32 Å². The molecule has 2 atom stereocenters. The molecule has 1 aliphatic carbocycles. The first-order valence-electron chi connectivity index (χ1n) is 9.63. The van der Waals surface area contributed by atoms with Gasteiger partial charge in [0, 0.05) is 18.7 Å². The van der Waals surface area contributed by atoms with Gasteiger partial charge in [-0.25, -0.2) is 0 Å². The molecule has 2 unspecified atom stereocenters. The smallest absolute Gasteiger partial charge is 0.307 e. The topological polar surface area (TPSA) is 86.7 Å². The highest BCUT2D eigenvalue weighted by atomic mass is 16.4. The highest BCUT2D eigenvalue weighted by molar-refractivity contribution is 5.97. The molecule has 2 amide bonds. The van der Waals surface area contributed by atoms with Crippen LogP contribution in [-0.2, 0) is 9.59 Å². The lowest BCUT2D eigenvalue weighted by atomic mass is 9.90. The number of aliphatic carboxylic acids is 1. The van der Waals surface area contributed by atoms with Gasteiger partial charge in [0.05, 0.1) is 5.92 Å². The lowest BCUT2D eigenvalue weighted by Crippen LogP contribution is -2.53. The number of likely N-dealkylation sites (tertiary alicyclic amines) is 1. The highest BCUT2D eigenvalue weighted by Gasteiger charge is 2.59. The van der Waals surface area contributed by atoms with Crippen molar-refractivity contribution in [2.45, 2.75) is 46.1 Å². The number of nitrogens with zero attached hydrogens (tertiary/aromatic N) is 1. The van der Waals surface area contributed by atoms with Gasteiger partial charge < -0.3 is 15.3 Å². The number of nitrogens with one attached hydrogen (secondary N) is 1. The SMILES string of the molecule is Cc1cccc(C(=O)NC(C(=O)N2CCC3(CC2)CC3C(=O)O)C(C)C)c1. The molecule has 3 rings (SSSR count). The fourth-order valence-electron chi connectivity index (χ4n) is 4.14. The molecule has 1 aromatic rings. The maximum absolute atomic E-state index is 13.0. The number of hydrogen-bond acceptors (Lipinski definition) is 3. The summed E-state index contributed by atoms with van der Waals surface area (Å²) >= 11 is 0. The summed E-state index contributed by atoms with van der Waals surface area (Å²) in [6.45, 7) is 6.89. The zero-order chi connectivity index (χ0) is 19.8. The lowest BCUT2D eigenvalue weighted by molar-refractivity contribution is -0.140. The average Bonchev–Trinajstić information content (AvgIpc) is 3.33. The summed E-state index contributed by atoms with van der Waals surface area (Å²) in [4.78, 5) is 38.6. The number of carbonyl (C=O) groups is 3. The molecule has 0 aromatic heterocycles. The van der Waals surface area contributed by atoms with Crippen molar-refractivity contribution in [1.29, 1.82) is 0 Å². The van der Waals surface area contributed by atoms with E-state index in [9.17, 15) is 19.5 Å². The van der Waals surface area contributed by atoms with Gasteiger partial charge >= 0.3 is 5.97 Å². The molecule has 6 heteroatoms. The number of piperidine rings is 1. The van der Waals surface area contributed by atoms with Crippen LogP contribution in [0.2, 0.25) is 0 Å². The normalized spacial score (nSPS) is 21.8. The molecule has 1 heterocycles. The van der Waals surface area contributed by atoms with Crippen molar-refractivity contribution in [3.63, 3.8) is 0 Å². The quantitative estimate of drug-likeness (QED) is 0.831. The van der Waals surface area contributed by atoms with Crippen LogP contribution in [0.1, 0.15) is 49.0 Å². The Balaban J connectivity index is 1.63. The maximum Gasteiger partial charge on any atom is 0.307 e. The van der Waals surface area contributed by atoms with E-state index in [1.165, 1.54) is 0 Å². The lowest BCUT2D eigenvalue weighted by Gasteiger charge is -2.36. The third-order valence-electron chi connectivity index (χ3n) is 6.06. The molecule has 1 saturated carbocycles. The molecule has 0 bridgehead atoms. The summed E-state index contributed by atoms with van der Waals surface area (Å²) in [6.07, 6.45) is 2.18. The predicted molar refractivity (Wildman–Crippen MR) is 101 cm³/mol. The van der Waals surface area contributed by atoms with Crippen LogP contribution in [0.5, 0.6) is 0 Å². The second-order valence-electron chi connectivity index (χ2n) is 8.35. The number of amides is 2. The Labute approximate surface area is 159 Å². The second kappa shape index (κ2) is 7.33. The molecule has 1 aliphatic heterocycles. The molecule has 146 valence electrons. The Kier molecular flexibility index (Phi) is 5.27. The number of aryl methyl sites for hydroxylation is 1. The molecule has 1 saturated heterocycles. The molecule has 1 aromatic carbocycles. The first kappa shape index (κ1) is 19.4. The monoisotopic (exact) mass is 372 g/mol. The van der Waals surface area contributed by atoms with Crippen molar-refractivity contribution in [2.24, 2.45) is 17.3 Å². The van der Waals surface area contributed by atoms with Crippen LogP contribution in [0.3, 0.4) is 0 Å². The van der Waals surface area contributed by atoms with Gasteiger partial charge in [-0.1, -0.05) is 31.5 Å². The Morgan fingerprint density at radius 2 is 1.89 bits per heavy atom. The molecule has 1 spiro atoms. The molecule has 2 fully saturated rings. The Morgan fingerprint density at radius 1 is 1.22 bits per heavy atom. The van der Waals surface area contributed by atoms with Crippen LogP contribution < -0.4 is 5.32 Å². The van der Waals surface area contributed by atoms with Gasteiger partial charge in [-0.05, 0) is 49.7 Å². The Morgan fingerprint density at radius 3 is 2.41 bits per heavy atom. The van der Waals surface area contributed by atoms with Gasteiger partial charge in [-0.3, -0.25) is 14.4 Å². The van der Waals surface area contributed by atoms with E-state index >= 15 is 0 Å². The average molecular weight is 372 g/mol. The first-order valence-corrected chi connectivity index (χ1v) is 9.63. The van der Waals surface area contributed by atoms with Crippen LogP contribution in [0.4, 0.5) is 0 Å². The summed E-state index contributed by atoms with van der Waals surface area (Å²) in [7, 11) is 0. The van der Waals surface area contributed by atoms with Crippen molar-refractivity contribution >= 4 is 17.8 Å². The minimum absolute atomic E-state index is 0.0326. The molecule has 6 nitrogen and oxygen atoms in total. The molecule has 2 aliphatic rings. The number of hydrogen-bond donors (Lipinski definition) is 2. The van der Waals surface area contributed by atoms with Gasteiger partial charge in [0.1, 0.15) is 6.04 Å². The van der Waals surface area contributed by atoms with Gasteiger partial charge in [-0.2, -0.15) is 0 Å². The second-order valence-corrected chi connectivity index (χ2v) is 8.35. The van der Waals surface area contributed by atoms with E-state index in [0.29, 0.717) is 18.7 Å². The zero-order valence-corrected chi connectivity index (χ0v) is 16.2. The van der Waals surface area contributed by atoms with E-state index < -0.39 is 12.0 Å². The summed E-state index contributed by atoms with van der Waals surface area (Å²) in [5, 5.41) is 12.1. The fraction of sp³-hybridized carbons (Fsp3) is 0.571. The summed E-state index contributed by atoms with van der Waals surface area (Å²) < 4.78 is 0. The molecular weight excluding hydrogens is 344 g/mol. The van der Waals surface area contributed by atoms with Crippen LogP contribution in [-0.4, -0.2) is 46.9 Å². The zero-order valence-electron chi connectivity index (χ0n) is 16.2. The predicted octanol–water partition coefficient (Wildman–Crippen LogP) is 2.46.